The molecule has 1 aliphatic heterocycles. The second-order valence-electron chi connectivity index (χ2n) is 8.15. The number of ether oxygens (including phenoxy) is 2. The van der Waals surface area contributed by atoms with Crippen LogP contribution < -0.4 is 14.8 Å². The largest absolute Gasteiger partial charge is 0.492 e. The maximum Gasteiger partial charge on any atom is 0.311 e. The van der Waals surface area contributed by atoms with Gasteiger partial charge < -0.3 is 19.9 Å². The molecule has 0 saturated heterocycles. The first-order valence-electron chi connectivity index (χ1n) is 11.1. The molecular formula is C26H18Cl3N3O5. The molecule has 0 unspecified atom stereocenters. The van der Waals surface area contributed by atoms with E-state index in [1.807, 2.05) is 12.1 Å². The van der Waals surface area contributed by atoms with Gasteiger partial charge in [-0.25, -0.2) is 4.68 Å². The molecule has 0 bridgehead atoms. The number of benzene rings is 3. The minimum absolute atomic E-state index is 0.0885. The topological polar surface area (TPSA) is 103 Å². The summed E-state index contributed by atoms with van der Waals surface area (Å²) in [5.74, 6) is -0.975. The van der Waals surface area contributed by atoms with Crippen molar-refractivity contribution in [3.8, 4) is 22.9 Å². The number of hydrogen-bond donors (Lipinski definition) is 2. The van der Waals surface area contributed by atoms with E-state index in [0.717, 1.165) is 5.69 Å². The molecule has 0 aliphatic carbocycles. The van der Waals surface area contributed by atoms with Gasteiger partial charge in [0.15, 0.2) is 11.6 Å². The van der Waals surface area contributed by atoms with Gasteiger partial charge in [0.05, 0.1) is 23.2 Å². The maximum absolute atomic E-state index is 12.7. The number of fused-ring (bicyclic) bond motifs is 1. The third-order valence-electron chi connectivity index (χ3n) is 5.73. The molecule has 4 aromatic rings. The van der Waals surface area contributed by atoms with Crippen molar-refractivity contribution in [2.75, 3.05) is 11.9 Å². The number of carboxylic acid groups (broad SMARTS) is 1. The summed E-state index contributed by atoms with van der Waals surface area (Å²) in [5, 5.41) is 17.4. The van der Waals surface area contributed by atoms with Crippen LogP contribution in [0.5, 0.6) is 17.2 Å². The molecule has 0 radical (unpaired) electrons. The van der Waals surface area contributed by atoms with Crippen molar-refractivity contribution in [3.63, 3.8) is 0 Å². The number of nitrogens with one attached hydrogen (secondary N) is 1. The van der Waals surface area contributed by atoms with Gasteiger partial charge in [0.2, 0.25) is 0 Å². The van der Waals surface area contributed by atoms with E-state index in [1.54, 1.807) is 53.3 Å². The number of halogens is 3. The van der Waals surface area contributed by atoms with Crippen LogP contribution in [0, 0.1) is 0 Å². The zero-order valence-electron chi connectivity index (χ0n) is 19.0. The molecule has 2 N–H and O–H groups in total. The SMILES string of the molecule is O=C(Nc1ccn(-c2cccc(Cl)c2)n1)c1ccc(Oc2c(Cl)cc3c(c2Cl)OCC[C@@H]3C(=O)O)cc1. The van der Waals surface area contributed by atoms with E-state index in [-0.39, 0.29) is 34.1 Å². The molecular weight excluding hydrogens is 541 g/mol. The van der Waals surface area contributed by atoms with E-state index in [4.69, 9.17) is 44.3 Å². The summed E-state index contributed by atoms with van der Waals surface area (Å²) in [6, 6.07) is 16.7. The zero-order valence-corrected chi connectivity index (χ0v) is 21.2. The lowest BCUT2D eigenvalue weighted by atomic mass is 9.93. The van der Waals surface area contributed by atoms with E-state index in [0.29, 0.717) is 34.1 Å². The highest BCUT2D eigenvalue weighted by Gasteiger charge is 2.32. The predicted molar refractivity (Wildman–Crippen MR) is 140 cm³/mol. The molecule has 37 heavy (non-hydrogen) atoms. The zero-order chi connectivity index (χ0) is 26.1. The van der Waals surface area contributed by atoms with Gasteiger partial charge in [-0.05, 0) is 55.0 Å². The van der Waals surface area contributed by atoms with Crippen LogP contribution in [0.1, 0.15) is 28.3 Å². The van der Waals surface area contributed by atoms with Crippen LogP contribution in [0.3, 0.4) is 0 Å². The summed E-state index contributed by atoms with van der Waals surface area (Å²) in [6.45, 7) is 0.214. The summed E-state index contributed by atoms with van der Waals surface area (Å²) in [5.41, 5.74) is 1.55. The fourth-order valence-corrected chi connectivity index (χ4v) is 4.71. The molecule has 0 saturated carbocycles. The lowest BCUT2D eigenvalue weighted by Gasteiger charge is -2.25. The number of rotatable bonds is 6. The van der Waals surface area contributed by atoms with E-state index < -0.39 is 11.9 Å². The van der Waals surface area contributed by atoms with Crippen molar-refractivity contribution in [2.45, 2.75) is 12.3 Å². The lowest BCUT2D eigenvalue weighted by molar-refractivity contribution is -0.139. The number of nitrogens with zero attached hydrogens (tertiary/aromatic N) is 2. The average Bonchev–Trinajstić information content (AvgIpc) is 3.35. The highest BCUT2D eigenvalue weighted by molar-refractivity contribution is 6.38. The Bertz CT molecular complexity index is 1500. The molecule has 5 rings (SSSR count). The van der Waals surface area contributed by atoms with E-state index in [9.17, 15) is 14.7 Å². The smallest absolute Gasteiger partial charge is 0.311 e. The highest BCUT2D eigenvalue weighted by Crippen LogP contribution is 2.48. The van der Waals surface area contributed by atoms with Crippen molar-refractivity contribution < 1.29 is 24.2 Å². The number of aliphatic carboxylic acids is 1. The summed E-state index contributed by atoms with van der Waals surface area (Å²) in [7, 11) is 0. The minimum Gasteiger partial charge on any atom is -0.492 e. The first-order chi connectivity index (χ1) is 17.8. The molecule has 11 heteroatoms. The Morgan fingerprint density at radius 3 is 2.59 bits per heavy atom. The molecule has 0 spiro atoms. The standard InChI is InChI=1S/C26H18Cl3N3O5/c27-15-2-1-3-16(12-15)32-10-8-21(31-32)30-25(33)14-4-6-17(7-5-14)37-24-20(28)13-19-18(26(34)35)9-11-36-23(19)22(24)29/h1-8,10,12-13,18H,9,11H2,(H,34,35)(H,30,31,33)/t18-/m0/s1. The summed E-state index contributed by atoms with van der Waals surface area (Å²) in [6.07, 6.45) is 2.03. The maximum atomic E-state index is 12.7. The van der Waals surface area contributed by atoms with Crippen LogP contribution in [0.15, 0.2) is 66.9 Å². The average molecular weight is 559 g/mol. The Balaban J connectivity index is 1.30. The number of hydrogen-bond acceptors (Lipinski definition) is 5. The van der Waals surface area contributed by atoms with Gasteiger partial charge in [0.25, 0.3) is 5.91 Å². The second-order valence-corrected chi connectivity index (χ2v) is 9.38. The van der Waals surface area contributed by atoms with Gasteiger partial charge in [0.1, 0.15) is 16.5 Å². The molecule has 1 aromatic heterocycles. The number of anilines is 1. The number of carbonyl (C=O) groups is 2. The highest BCUT2D eigenvalue weighted by atomic mass is 35.5. The summed E-state index contributed by atoms with van der Waals surface area (Å²) >= 11 is 18.9. The Hall–Kier alpha value is -3.72. The van der Waals surface area contributed by atoms with Gasteiger partial charge in [-0.2, -0.15) is 5.10 Å². The molecule has 3 aromatic carbocycles. The van der Waals surface area contributed by atoms with E-state index in [1.165, 1.54) is 6.07 Å². The normalized spacial score (nSPS) is 14.4. The molecule has 188 valence electrons. The third-order valence-corrected chi connectivity index (χ3v) is 6.59. The van der Waals surface area contributed by atoms with Crippen LogP contribution in [0.4, 0.5) is 5.82 Å². The van der Waals surface area contributed by atoms with Crippen LogP contribution >= 0.6 is 34.8 Å². The molecule has 1 atom stereocenters. The van der Waals surface area contributed by atoms with Crippen molar-refractivity contribution in [1.82, 2.24) is 9.78 Å². The Morgan fingerprint density at radius 1 is 1.08 bits per heavy atom. The van der Waals surface area contributed by atoms with Crippen molar-refractivity contribution in [3.05, 3.63) is 93.1 Å². The summed E-state index contributed by atoms with van der Waals surface area (Å²) < 4.78 is 13.1. The molecule has 1 amide bonds. The first-order valence-corrected chi connectivity index (χ1v) is 12.2. The predicted octanol–water partition coefficient (Wildman–Crippen LogP) is 6.83. The van der Waals surface area contributed by atoms with Crippen LogP contribution in [0.25, 0.3) is 5.69 Å². The fraction of sp³-hybridized carbons (Fsp3) is 0.115. The second kappa shape index (κ2) is 10.3. The number of amides is 1. The molecule has 8 nitrogen and oxygen atoms in total. The molecule has 0 fully saturated rings. The van der Waals surface area contributed by atoms with Gasteiger partial charge in [0, 0.05) is 28.4 Å². The first kappa shape index (κ1) is 25.0. The fourth-order valence-electron chi connectivity index (χ4n) is 3.93. The van der Waals surface area contributed by atoms with Crippen molar-refractivity contribution in [1.29, 1.82) is 0 Å². The van der Waals surface area contributed by atoms with Gasteiger partial charge in [-0.1, -0.05) is 40.9 Å². The monoisotopic (exact) mass is 557 g/mol. The third kappa shape index (κ3) is 5.22. The van der Waals surface area contributed by atoms with E-state index >= 15 is 0 Å². The number of carbonyl (C=O) groups excluding carboxylic acids is 1. The molecule has 1 aliphatic rings. The Kier molecular flexibility index (Phi) is 6.97. The number of carboxylic acids is 1. The van der Waals surface area contributed by atoms with Gasteiger partial charge >= 0.3 is 5.97 Å². The Morgan fingerprint density at radius 2 is 1.86 bits per heavy atom. The van der Waals surface area contributed by atoms with Crippen LogP contribution in [-0.4, -0.2) is 33.4 Å². The van der Waals surface area contributed by atoms with Crippen LogP contribution in [0.2, 0.25) is 15.1 Å². The Labute approximate surface area is 226 Å². The van der Waals surface area contributed by atoms with Crippen LogP contribution in [-0.2, 0) is 4.79 Å². The van der Waals surface area contributed by atoms with Crippen molar-refractivity contribution >= 4 is 52.5 Å². The van der Waals surface area contributed by atoms with Crippen molar-refractivity contribution in [2.24, 2.45) is 0 Å². The van der Waals surface area contributed by atoms with E-state index in [2.05, 4.69) is 10.4 Å². The van der Waals surface area contributed by atoms with Gasteiger partial charge in [-0.3, -0.25) is 9.59 Å². The molecule has 2 heterocycles. The number of aromatic nitrogens is 2. The lowest BCUT2D eigenvalue weighted by Crippen LogP contribution is -2.21. The quantitative estimate of drug-likeness (QED) is 0.269. The minimum atomic E-state index is -0.976. The summed E-state index contributed by atoms with van der Waals surface area (Å²) in [4.78, 5) is 24.3. The van der Waals surface area contributed by atoms with Gasteiger partial charge in [-0.15, -0.1) is 0 Å².